The highest BCUT2D eigenvalue weighted by molar-refractivity contribution is 5.93. The first kappa shape index (κ1) is 18.4. The molecular formula is C23H26N2O4. The summed E-state index contributed by atoms with van der Waals surface area (Å²) < 4.78 is 11.0. The van der Waals surface area contributed by atoms with Crippen LogP contribution in [-0.4, -0.2) is 49.2 Å². The molecule has 152 valence electrons. The van der Waals surface area contributed by atoms with Crippen LogP contribution in [-0.2, 0) is 24.5 Å². The van der Waals surface area contributed by atoms with Gasteiger partial charge < -0.3 is 14.8 Å². The van der Waals surface area contributed by atoms with Gasteiger partial charge in [0.05, 0.1) is 18.1 Å². The minimum atomic E-state index is -0.493. The lowest BCUT2D eigenvalue weighted by molar-refractivity contribution is -0.154. The molecule has 0 unspecified atom stereocenters. The Hall–Kier alpha value is -2.60. The van der Waals surface area contributed by atoms with E-state index in [1.54, 1.807) is 0 Å². The third-order valence-electron chi connectivity index (χ3n) is 7.33. The summed E-state index contributed by atoms with van der Waals surface area (Å²) >= 11 is 0. The molecular weight excluding hydrogens is 368 g/mol. The van der Waals surface area contributed by atoms with Gasteiger partial charge in [-0.25, -0.2) is 4.79 Å². The van der Waals surface area contributed by atoms with Crippen molar-refractivity contribution >= 4 is 17.6 Å². The third kappa shape index (κ3) is 2.26. The molecule has 3 aliphatic heterocycles. The Balaban J connectivity index is 1.79. The number of benzene rings is 1. The van der Waals surface area contributed by atoms with E-state index in [2.05, 4.69) is 40.6 Å². The van der Waals surface area contributed by atoms with Crippen LogP contribution in [0.3, 0.4) is 0 Å². The fraction of sp³-hybridized carbons (Fsp3) is 0.478. The van der Waals surface area contributed by atoms with Crippen LogP contribution in [0.1, 0.15) is 32.3 Å². The topological polar surface area (TPSA) is 67.9 Å². The summed E-state index contributed by atoms with van der Waals surface area (Å²) in [5, 5.41) is 3.57. The van der Waals surface area contributed by atoms with Crippen molar-refractivity contribution < 1.29 is 19.1 Å². The first-order chi connectivity index (χ1) is 13.9. The average molecular weight is 394 g/mol. The predicted molar refractivity (Wildman–Crippen MR) is 108 cm³/mol. The highest BCUT2D eigenvalue weighted by Crippen LogP contribution is 2.64. The molecule has 0 saturated carbocycles. The zero-order valence-corrected chi connectivity index (χ0v) is 17.0. The molecule has 0 bridgehead atoms. The maximum Gasteiger partial charge on any atom is 0.335 e. The van der Waals surface area contributed by atoms with Crippen LogP contribution in [0.15, 0.2) is 47.7 Å². The Labute approximate surface area is 170 Å². The smallest absolute Gasteiger partial charge is 0.335 e. The van der Waals surface area contributed by atoms with E-state index in [0.29, 0.717) is 12.0 Å². The van der Waals surface area contributed by atoms with Gasteiger partial charge in [0.25, 0.3) is 0 Å². The average Bonchev–Trinajstić information content (AvgIpc) is 3.27. The largest absolute Gasteiger partial charge is 0.466 e. The molecule has 6 nitrogen and oxygen atoms in total. The van der Waals surface area contributed by atoms with Gasteiger partial charge in [0.15, 0.2) is 0 Å². The van der Waals surface area contributed by atoms with Crippen LogP contribution < -0.4 is 5.32 Å². The van der Waals surface area contributed by atoms with Gasteiger partial charge in [-0.3, -0.25) is 9.69 Å². The number of hydrogen-bond acceptors (Lipinski definition) is 6. The standard InChI is InChI=1S/C23H26N2O4/c1-14(29-15(2)26)22-9-6-11-25-12-10-23(21(22)25)17-7-4-5-8-18(17)24-19(23)16(13-22)20(27)28-3/h4-9,14,21,24H,10-13H2,1-3H3/t14-,21+,22+,23+/m1/s1. The van der Waals surface area contributed by atoms with Crippen LogP contribution in [0, 0.1) is 5.41 Å². The second-order valence-electron chi connectivity index (χ2n) is 8.58. The van der Waals surface area contributed by atoms with Crippen molar-refractivity contribution in [2.24, 2.45) is 5.41 Å². The van der Waals surface area contributed by atoms with Crippen LogP contribution in [0.2, 0.25) is 0 Å². The first-order valence-electron chi connectivity index (χ1n) is 10.2. The molecule has 1 aromatic carbocycles. The number of hydrogen-bond donors (Lipinski definition) is 1. The van der Waals surface area contributed by atoms with Crippen LogP contribution in [0.25, 0.3) is 0 Å². The van der Waals surface area contributed by atoms with Crippen molar-refractivity contribution in [1.82, 2.24) is 4.90 Å². The van der Waals surface area contributed by atoms with Crippen LogP contribution in [0.4, 0.5) is 5.69 Å². The molecule has 0 radical (unpaired) electrons. The predicted octanol–water partition coefficient (Wildman–Crippen LogP) is 2.76. The quantitative estimate of drug-likeness (QED) is 0.628. The Kier molecular flexibility index (Phi) is 3.94. The van der Waals surface area contributed by atoms with Gasteiger partial charge in [-0.1, -0.05) is 30.4 Å². The number of ether oxygens (including phenoxy) is 2. The monoisotopic (exact) mass is 394 g/mol. The minimum absolute atomic E-state index is 0.105. The summed E-state index contributed by atoms with van der Waals surface area (Å²) in [5.41, 5.74) is 3.07. The van der Waals surface area contributed by atoms with E-state index in [9.17, 15) is 9.59 Å². The lowest BCUT2D eigenvalue weighted by atomic mass is 9.54. The number of methoxy groups -OCH3 is 1. The SMILES string of the molecule is COC(=O)C1=C2Nc3ccccc3[C@@]23CCN2CC=C[C@@]([C@@H](C)OC(C)=O)(C1)[C@H]23. The summed E-state index contributed by atoms with van der Waals surface area (Å²) in [5.74, 6) is -0.617. The maximum atomic E-state index is 12.9. The molecule has 1 spiro atoms. The van der Waals surface area contributed by atoms with E-state index >= 15 is 0 Å². The summed E-state index contributed by atoms with van der Waals surface area (Å²) in [6.07, 6.45) is 5.37. The molecule has 0 aromatic heterocycles. The molecule has 1 aromatic rings. The number of carbonyl (C=O) groups excluding carboxylic acids is 2. The Morgan fingerprint density at radius 2 is 2.10 bits per heavy atom. The highest BCUT2D eigenvalue weighted by atomic mass is 16.5. The molecule has 3 heterocycles. The Bertz CT molecular complexity index is 967. The fourth-order valence-electron chi connectivity index (χ4n) is 6.35. The van der Waals surface area contributed by atoms with Crippen molar-refractivity contribution in [1.29, 1.82) is 0 Å². The van der Waals surface area contributed by atoms with E-state index < -0.39 is 5.41 Å². The number of anilines is 1. The normalized spacial score (nSPS) is 32.7. The molecule has 6 heteroatoms. The van der Waals surface area contributed by atoms with Crippen molar-refractivity contribution in [3.05, 3.63) is 53.3 Å². The van der Waals surface area contributed by atoms with Gasteiger partial charge in [-0.2, -0.15) is 0 Å². The highest BCUT2D eigenvalue weighted by Gasteiger charge is 2.67. The summed E-state index contributed by atoms with van der Waals surface area (Å²) in [6.45, 7) is 5.19. The molecule has 29 heavy (non-hydrogen) atoms. The van der Waals surface area contributed by atoms with E-state index in [-0.39, 0.29) is 29.5 Å². The Morgan fingerprint density at radius 1 is 1.31 bits per heavy atom. The number of para-hydroxylation sites is 1. The summed E-state index contributed by atoms with van der Waals surface area (Å²) in [6, 6.07) is 8.42. The van der Waals surface area contributed by atoms with Gasteiger partial charge in [0, 0.05) is 42.9 Å². The number of nitrogens with zero attached hydrogens (tertiary/aromatic N) is 1. The summed E-state index contributed by atoms with van der Waals surface area (Å²) in [4.78, 5) is 27.3. The van der Waals surface area contributed by atoms with E-state index in [1.165, 1.54) is 19.6 Å². The molecule has 0 amide bonds. The van der Waals surface area contributed by atoms with Crippen LogP contribution >= 0.6 is 0 Å². The maximum absolute atomic E-state index is 12.9. The van der Waals surface area contributed by atoms with Crippen molar-refractivity contribution in [2.45, 2.75) is 44.2 Å². The second kappa shape index (κ2) is 6.20. The molecule has 1 fully saturated rings. The summed E-state index contributed by atoms with van der Waals surface area (Å²) in [7, 11) is 1.43. The molecule has 5 rings (SSSR count). The molecule has 1 saturated heterocycles. The van der Waals surface area contributed by atoms with Gasteiger partial charge in [-0.15, -0.1) is 0 Å². The number of nitrogens with one attached hydrogen (secondary N) is 1. The van der Waals surface area contributed by atoms with Crippen molar-refractivity contribution in [2.75, 3.05) is 25.5 Å². The zero-order valence-electron chi connectivity index (χ0n) is 17.0. The number of fused-ring (bicyclic) bond motifs is 1. The lowest BCUT2D eigenvalue weighted by Crippen LogP contribution is -2.62. The minimum Gasteiger partial charge on any atom is -0.466 e. The number of esters is 2. The molecule has 4 atom stereocenters. The zero-order chi connectivity index (χ0) is 20.4. The lowest BCUT2D eigenvalue weighted by Gasteiger charge is -2.55. The molecule has 1 N–H and O–H groups in total. The molecule has 1 aliphatic carbocycles. The fourth-order valence-corrected chi connectivity index (χ4v) is 6.35. The van der Waals surface area contributed by atoms with E-state index in [4.69, 9.17) is 9.47 Å². The van der Waals surface area contributed by atoms with Gasteiger partial charge in [0.1, 0.15) is 6.10 Å². The van der Waals surface area contributed by atoms with Gasteiger partial charge in [-0.05, 0) is 31.4 Å². The van der Waals surface area contributed by atoms with E-state index in [0.717, 1.165) is 30.9 Å². The number of carbonyl (C=O) groups is 2. The molecule has 4 aliphatic rings. The first-order valence-corrected chi connectivity index (χ1v) is 10.2. The van der Waals surface area contributed by atoms with Crippen molar-refractivity contribution in [3.63, 3.8) is 0 Å². The van der Waals surface area contributed by atoms with Gasteiger partial charge >= 0.3 is 11.9 Å². The van der Waals surface area contributed by atoms with E-state index in [1.807, 2.05) is 13.0 Å². The third-order valence-corrected chi connectivity index (χ3v) is 7.33. The van der Waals surface area contributed by atoms with Gasteiger partial charge in [0.2, 0.25) is 0 Å². The number of rotatable bonds is 3. The van der Waals surface area contributed by atoms with Crippen LogP contribution in [0.5, 0.6) is 0 Å². The Morgan fingerprint density at radius 3 is 2.86 bits per heavy atom. The van der Waals surface area contributed by atoms with Crippen molar-refractivity contribution in [3.8, 4) is 0 Å². The second-order valence-corrected chi connectivity index (χ2v) is 8.58.